The lowest BCUT2D eigenvalue weighted by molar-refractivity contribution is -0.137. The first-order valence-electron chi connectivity index (χ1n) is 8.80. The molecule has 1 N–H and O–H groups in total. The predicted octanol–water partition coefficient (Wildman–Crippen LogP) is 6.81. The maximum Gasteiger partial charge on any atom is 0.416 e. The van der Waals surface area contributed by atoms with E-state index in [0.29, 0.717) is 4.88 Å². The highest BCUT2D eigenvalue weighted by Crippen LogP contribution is 2.39. The van der Waals surface area contributed by atoms with Crippen LogP contribution in [-0.2, 0) is 12.6 Å². The Hall–Kier alpha value is -2.71. The van der Waals surface area contributed by atoms with Gasteiger partial charge in [0, 0.05) is 17.4 Å². The normalized spacial score (nSPS) is 14.6. The van der Waals surface area contributed by atoms with Crippen LogP contribution in [0.5, 0.6) is 5.88 Å². The summed E-state index contributed by atoms with van der Waals surface area (Å²) in [5.74, 6) is -0.194. The summed E-state index contributed by atoms with van der Waals surface area (Å²) in [4.78, 5) is 4.94. The van der Waals surface area contributed by atoms with Crippen molar-refractivity contribution in [1.82, 2.24) is 4.57 Å². The van der Waals surface area contributed by atoms with Crippen molar-refractivity contribution >= 4 is 47.1 Å². The minimum atomic E-state index is -4.48. The lowest BCUT2D eigenvalue weighted by atomic mass is 10.0. The van der Waals surface area contributed by atoms with Gasteiger partial charge in [0.1, 0.15) is 0 Å². The van der Waals surface area contributed by atoms with E-state index in [2.05, 4.69) is 11.9 Å². The number of para-hydroxylation sites is 1. The van der Waals surface area contributed by atoms with E-state index in [1.807, 2.05) is 18.2 Å². The molecule has 2 aromatic carbocycles. The van der Waals surface area contributed by atoms with E-state index in [-0.39, 0.29) is 15.5 Å². The Morgan fingerprint density at radius 2 is 1.97 bits per heavy atom. The summed E-state index contributed by atoms with van der Waals surface area (Å²) in [7, 11) is 0. The molecule has 148 valence electrons. The van der Waals surface area contributed by atoms with Gasteiger partial charge in [0.2, 0.25) is 5.88 Å². The second kappa shape index (κ2) is 7.27. The third-order valence-electron chi connectivity index (χ3n) is 4.67. The standard InChI is InChI=1S/C21H15F3N2OS2/c1-2-12-5-3-8-16-13(11-25-18(12)16)9-17-19(27)26(20(28)29-17)15-7-4-6-14(10-15)21(22,23)24/h3-11,27H,2H2,1H3. The molecule has 29 heavy (non-hydrogen) atoms. The van der Waals surface area contributed by atoms with E-state index in [1.54, 1.807) is 12.3 Å². The number of rotatable bonds is 3. The molecule has 3 nitrogen and oxygen atoms in total. The number of nitrogens with zero attached hydrogens (tertiary/aromatic N) is 2. The van der Waals surface area contributed by atoms with Crippen LogP contribution in [0, 0.1) is 3.95 Å². The van der Waals surface area contributed by atoms with E-state index in [9.17, 15) is 18.3 Å². The van der Waals surface area contributed by atoms with Gasteiger partial charge in [-0.3, -0.25) is 9.56 Å². The van der Waals surface area contributed by atoms with Gasteiger partial charge in [-0.2, -0.15) is 13.2 Å². The molecule has 0 amide bonds. The second-order valence-corrected chi connectivity index (χ2v) is 8.14. The average molecular weight is 432 g/mol. The molecule has 0 fully saturated rings. The summed E-state index contributed by atoms with van der Waals surface area (Å²) in [6.07, 6.45) is -0.144. The number of hydrogen-bond acceptors (Lipinski definition) is 4. The first-order valence-corrected chi connectivity index (χ1v) is 10.0. The predicted molar refractivity (Wildman–Crippen MR) is 113 cm³/mol. The molecule has 0 aliphatic carbocycles. The van der Waals surface area contributed by atoms with Crippen LogP contribution in [0.15, 0.2) is 47.5 Å². The molecule has 8 heteroatoms. The number of benzene rings is 2. The van der Waals surface area contributed by atoms with E-state index in [4.69, 9.17) is 12.2 Å². The number of halogens is 3. The largest absolute Gasteiger partial charge is 0.493 e. The third-order valence-corrected chi connectivity index (χ3v) is 5.98. The number of aromatic hydroxyl groups is 1. The molecule has 0 bridgehead atoms. The Morgan fingerprint density at radius 3 is 2.69 bits per heavy atom. The van der Waals surface area contributed by atoms with Crippen LogP contribution in [0.25, 0.3) is 17.3 Å². The Labute approximate surface area is 174 Å². The molecule has 4 rings (SSSR count). The third kappa shape index (κ3) is 3.54. The van der Waals surface area contributed by atoms with Gasteiger partial charge in [-0.1, -0.05) is 31.2 Å². The number of thiazole rings is 1. The van der Waals surface area contributed by atoms with Gasteiger partial charge in [-0.05, 0) is 48.5 Å². The Morgan fingerprint density at radius 1 is 1.21 bits per heavy atom. The van der Waals surface area contributed by atoms with Crippen molar-refractivity contribution in [2.75, 3.05) is 0 Å². The highest BCUT2D eigenvalue weighted by atomic mass is 32.1. The number of alkyl halides is 3. The van der Waals surface area contributed by atoms with E-state index in [0.717, 1.165) is 52.3 Å². The van der Waals surface area contributed by atoms with Crippen LogP contribution < -0.4 is 0 Å². The summed E-state index contributed by atoms with van der Waals surface area (Å²) >= 11 is 6.44. The van der Waals surface area contributed by atoms with Gasteiger partial charge in [0.15, 0.2) is 3.95 Å². The zero-order chi connectivity index (χ0) is 20.8. The first kappa shape index (κ1) is 19.6. The van der Waals surface area contributed by atoms with Crippen molar-refractivity contribution < 1.29 is 18.3 Å². The molecule has 0 unspecified atom stereocenters. The van der Waals surface area contributed by atoms with E-state index < -0.39 is 11.7 Å². The molecule has 2 heterocycles. The van der Waals surface area contributed by atoms with E-state index >= 15 is 0 Å². The van der Waals surface area contributed by atoms with Crippen molar-refractivity contribution in [3.05, 3.63) is 68.0 Å². The zero-order valence-corrected chi connectivity index (χ0v) is 16.8. The van der Waals surface area contributed by atoms with Crippen molar-refractivity contribution in [3.63, 3.8) is 0 Å². The Balaban J connectivity index is 1.79. The summed E-state index contributed by atoms with van der Waals surface area (Å²) in [5, 5.41) is 10.7. The number of aryl methyl sites for hydroxylation is 1. The van der Waals surface area contributed by atoms with Crippen molar-refractivity contribution in [2.24, 2.45) is 4.99 Å². The highest BCUT2D eigenvalue weighted by Gasteiger charge is 2.31. The van der Waals surface area contributed by atoms with Crippen molar-refractivity contribution in [3.8, 4) is 11.6 Å². The van der Waals surface area contributed by atoms with Crippen LogP contribution >= 0.6 is 23.6 Å². The molecular formula is C21H15F3N2OS2. The molecular weight excluding hydrogens is 417 g/mol. The lowest BCUT2D eigenvalue weighted by Crippen LogP contribution is -2.06. The van der Waals surface area contributed by atoms with E-state index in [1.165, 1.54) is 16.7 Å². The molecule has 0 spiro atoms. The van der Waals surface area contributed by atoms with Crippen molar-refractivity contribution in [2.45, 2.75) is 19.5 Å². The second-order valence-electron chi connectivity index (χ2n) is 6.46. The molecule has 0 radical (unpaired) electrons. The fourth-order valence-electron chi connectivity index (χ4n) is 3.25. The highest BCUT2D eigenvalue weighted by molar-refractivity contribution is 7.73. The molecule has 1 aliphatic heterocycles. The Bertz CT molecular complexity index is 1220. The molecule has 1 aromatic heterocycles. The maximum absolute atomic E-state index is 13.0. The SMILES string of the molecule is CCc1cccc2c1N=CC2=Cc1sc(=S)n(-c2cccc(C(F)(F)F)c2)c1O. The quantitative estimate of drug-likeness (QED) is 0.462. The fourth-order valence-corrected chi connectivity index (χ4v) is 4.55. The van der Waals surface area contributed by atoms with Gasteiger partial charge in [-0.15, -0.1) is 11.3 Å². The lowest BCUT2D eigenvalue weighted by Gasteiger charge is -2.10. The van der Waals surface area contributed by atoms with Gasteiger partial charge in [0.05, 0.1) is 21.8 Å². The number of hydrogen-bond donors (Lipinski definition) is 1. The molecule has 1 aliphatic rings. The van der Waals surface area contributed by atoms with Crippen molar-refractivity contribution in [1.29, 1.82) is 0 Å². The Kier molecular flexibility index (Phi) is 4.92. The average Bonchev–Trinajstić information content (AvgIpc) is 3.22. The molecule has 0 saturated heterocycles. The van der Waals surface area contributed by atoms with Crippen LogP contribution in [-0.4, -0.2) is 15.9 Å². The van der Waals surface area contributed by atoms with Gasteiger partial charge >= 0.3 is 6.18 Å². The number of aromatic nitrogens is 1. The summed E-state index contributed by atoms with van der Waals surface area (Å²) < 4.78 is 40.6. The first-order chi connectivity index (χ1) is 13.8. The minimum absolute atomic E-state index is 0.164. The maximum atomic E-state index is 13.0. The van der Waals surface area contributed by atoms with Gasteiger partial charge in [-0.25, -0.2) is 0 Å². The van der Waals surface area contributed by atoms with Gasteiger partial charge < -0.3 is 5.11 Å². The summed E-state index contributed by atoms with van der Waals surface area (Å²) in [5.41, 5.74) is 3.16. The minimum Gasteiger partial charge on any atom is -0.493 e. The molecule has 3 aromatic rings. The topological polar surface area (TPSA) is 37.5 Å². The summed E-state index contributed by atoms with van der Waals surface area (Å²) in [6, 6.07) is 10.7. The van der Waals surface area contributed by atoms with Crippen LogP contribution in [0.2, 0.25) is 0 Å². The summed E-state index contributed by atoms with van der Waals surface area (Å²) in [6.45, 7) is 2.05. The monoisotopic (exact) mass is 432 g/mol. The van der Waals surface area contributed by atoms with Crippen LogP contribution in [0.3, 0.4) is 0 Å². The molecule has 0 atom stereocenters. The fraction of sp³-hybridized carbons (Fsp3) is 0.143. The molecule has 0 saturated carbocycles. The van der Waals surface area contributed by atoms with Crippen LogP contribution in [0.1, 0.15) is 28.5 Å². The zero-order valence-electron chi connectivity index (χ0n) is 15.2. The van der Waals surface area contributed by atoms with Crippen LogP contribution in [0.4, 0.5) is 18.9 Å². The number of fused-ring (bicyclic) bond motifs is 1. The van der Waals surface area contributed by atoms with Gasteiger partial charge in [0.25, 0.3) is 0 Å². The smallest absolute Gasteiger partial charge is 0.416 e. The number of allylic oxidation sites excluding steroid dienone is 1. The number of aliphatic imine (C=N–C) groups is 1.